The van der Waals surface area contributed by atoms with E-state index < -0.39 is 0 Å². The number of fused-ring (bicyclic) bond motifs is 1. The zero-order valence-electron chi connectivity index (χ0n) is 11.6. The van der Waals surface area contributed by atoms with Crippen LogP contribution in [0.5, 0.6) is 11.5 Å². The maximum atomic E-state index is 9.79. The molecule has 0 heterocycles. The van der Waals surface area contributed by atoms with Crippen LogP contribution in [0.3, 0.4) is 0 Å². The predicted molar refractivity (Wildman–Crippen MR) is 80.3 cm³/mol. The minimum Gasteiger partial charge on any atom is -0.508 e. The fraction of sp³-hybridized carbons (Fsp3) is 0.294. The van der Waals surface area contributed by atoms with Crippen LogP contribution < -0.4 is 5.32 Å². The molecule has 0 saturated heterocycles. The van der Waals surface area contributed by atoms with Crippen LogP contribution in [-0.2, 0) is 6.42 Å². The van der Waals surface area contributed by atoms with E-state index in [1.54, 1.807) is 12.1 Å². The molecule has 104 valence electrons. The first-order chi connectivity index (χ1) is 9.63. The van der Waals surface area contributed by atoms with Crippen molar-refractivity contribution in [2.75, 3.05) is 5.32 Å². The van der Waals surface area contributed by atoms with Crippen molar-refractivity contribution in [3.05, 3.63) is 53.1 Å². The summed E-state index contributed by atoms with van der Waals surface area (Å²) in [5.41, 5.74) is 4.27. The second kappa shape index (κ2) is 5.08. The standard InChI is InChI=1S/C17H19NO2/c1-11-5-6-13(10-17(11)20)18-16-4-2-3-12-9-14(19)7-8-15(12)16/h5-10,16,18-20H,2-4H2,1H3. The Bertz CT molecular complexity index is 637. The summed E-state index contributed by atoms with van der Waals surface area (Å²) in [4.78, 5) is 0. The third-order valence-electron chi connectivity index (χ3n) is 3.99. The van der Waals surface area contributed by atoms with Crippen molar-refractivity contribution >= 4 is 5.69 Å². The third kappa shape index (κ3) is 2.44. The number of benzene rings is 2. The average molecular weight is 269 g/mol. The lowest BCUT2D eigenvalue weighted by Gasteiger charge is -2.27. The Morgan fingerprint density at radius 3 is 2.75 bits per heavy atom. The van der Waals surface area contributed by atoms with Gasteiger partial charge in [0.1, 0.15) is 11.5 Å². The molecule has 3 rings (SSSR count). The van der Waals surface area contributed by atoms with Crippen molar-refractivity contribution in [2.24, 2.45) is 0 Å². The van der Waals surface area contributed by atoms with E-state index in [0.717, 1.165) is 30.5 Å². The Morgan fingerprint density at radius 1 is 1.10 bits per heavy atom. The smallest absolute Gasteiger partial charge is 0.120 e. The van der Waals surface area contributed by atoms with Crippen molar-refractivity contribution in [1.29, 1.82) is 0 Å². The zero-order chi connectivity index (χ0) is 14.1. The van der Waals surface area contributed by atoms with Gasteiger partial charge in [-0.2, -0.15) is 0 Å². The molecule has 3 heteroatoms. The first kappa shape index (κ1) is 12.9. The lowest BCUT2D eigenvalue weighted by Crippen LogP contribution is -2.17. The summed E-state index contributed by atoms with van der Waals surface area (Å²) in [6, 6.07) is 11.5. The molecule has 1 aliphatic rings. The van der Waals surface area contributed by atoms with E-state index in [4.69, 9.17) is 0 Å². The van der Waals surface area contributed by atoms with E-state index >= 15 is 0 Å². The van der Waals surface area contributed by atoms with Crippen LogP contribution in [-0.4, -0.2) is 10.2 Å². The van der Waals surface area contributed by atoms with Crippen LogP contribution in [0.1, 0.15) is 35.6 Å². The van der Waals surface area contributed by atoms with Crippen LogP contribution in [0, 0.1) is 6.92 Å². The highest BCUT2D eigenvalue weighted by Crippen LogP contribution is 2.35. The average Bonchev–Trinajstić information content (AvgIpc) is 2.43. The maximum Gasteiger partial charge on any atom is 0.120 e. The molecule has 0 fully saturated rings. The van der Waals surface area contributed by atoms with Gasteiger partial charge in [0.2, 0.25) is 0 Å². The summed E-state index contributed by atoms with van der Waals surface area (Å²) in [5, 5.41) is 22.8. The molecule has 2 aromatic carbocycles. The molecular formula is C17H19NO2. The van der Waals surface area contributed by atoms with Gasteiger partial charge >= 0.3 is 0 Å². The molecule has 1 unspecified atom stereocenters. The van der Waals surface area contributed by atoms with Gasteiger partial charge in [-0.05, 0) is 61.1 Å². The molecule has 0 saturated carbocycles. The number of phenols is 2. The van der Waals surface area contributed by atoms with Gasteiger partial charge in [0.25, 0.3) is 0 Å². The van der Waals surface area contributed by atoms with Crippen LogP contribution in [0.2, 0.25) is 0 Å². The quantitative estimate of drug-likeness (QED) is 0.775. The van der Waals surface area contributed by atoms with Gasteiger partial charge in [-0.1, -0.05) is 12.1 Å². The molecule has 0 aliphatic heterocycles. The number of aromatic hydroxyl groups is 2. The highest BCUT2D eigenvalue weighted by atomic mass is 16.3. The van der Waals surface area contributed by atoms with Gasteiger partial charge in [-0.15, -0.1) is 0 Å². The van der Waals surface area contributed by atoms with E-state index in [-0.39, 0.29) is 6.04 Å². The Balaban J connectivity index is 1.87. The number of hydrogen-bond donors (Lipinski definition) is 3. The monoisotopic (exact) mass is 269 g/mol. The van der Waals surface area contributed by atoms with E-state index in [2.05, 4.69) is 5.32 Å². The van der Waals surface area contributed by atoms with Crippen molar-refractivity contribution < 1.29 is 10.2 Å². The Kier molecular flexibility index (Phi) is 3.26. The number of nitrogens with one attached hydrogen (secondary N) is 1. The normalized spacial score (nSPS) is 17.6. The third-order valence-corrected chi connectivity index (χ3v) is 3.99. The number of anilines is 1. The second-order valence-electron chi connectivity index (χ2n) is 5.47. The summed E-state index contributed by atoms with van der Waals surface area (Å²) < 4.78 is 0. The number of rotatable bonds is 2. The van der Waals surface area contributed by atoms with Crippen molar-refractivity contribution in [1.82, 2.24) is 0 Å². The van der Waals surface area contributed by atoms with Crippen LogP contribution in [0.15, 0.2) is 36.4 Å². The molecule has 2 aromatic rings. The summed E-state index contributed by atoms with van der Waals surface area (Å²) >= 11 is 0. The summed E-state index contributed by atoms with van der Waals surface area (Å²) in [6.07, 6.45) is 3.18. The number of hydrogen-bond acceptors (Lipinski definition) is 3. The van der Waals surface area contributed by atoms with Crippen molar-refractivity contribution in [2.45, 2.75) is 32.2 Å². The maximum absolute atomic E-state index is 9.79. The van der Waals surface area contributed by atoms with E-state index in [1.807, 2.05) is 31.2 Å². The fourth-order valence-electron chi connectivity index (χ4n) is 2.85. The van der Waals surface area contributed by atoms with Crippen molar-refractivity contribution in [3.8, 4) is 11.5 Å². The minimum absolute atomic E-state index is 0.237. The van der Waals surface area contributed by atoms with Gasteiger partial charge < -0.3 is 15.5 Å². The van der Waals surface area contributed by atoms with E-state index in [9.17, 15) is 10.2 Å². The number of aryl methyl sites for hydroxylation is 2. The lowest BCUT2D eigenvalue weighted by molar-refractivity contribution is 0.471. The molecule has 20 heavy (non-hydrogen) atoms. The molecule has 0 aromatic heterocycles. The minimum atomic E-state index is 0.237. The molecule has 1 aliphatic carbocycles. The number of phenolic OH excluding ortho intramolecular Hbond substituents is 2. The first-order valence-electron chi connectivity index (χ1n) is 7.01. The Labute approximate surface area is 118 Å². The SMILES string of the molecule is Cc1ccc(NC2CCCc3cc(O)ccc32)cc1O. The molecular weight excluding hydrogens is 250 g/mol. The Hall–Kier alpha value is -2.16. The van der Waals surface area contributed by atoms with Crippen LogP contribution in [0.25, 0.3) is 0 Å². The lowest BCUT2D eigenvalue weighted by atomic mass is 9.87. The van der Waals surface area contributed by atoms with Gasteiger partial charge in [0.05, 0.1) is 6.04 Å². The molecule has 0 spiro atoms. The molecule has 3 N–H and O–H groups in total. The second-order valence-corrected chi connectivity index (χ2v) is 5.47. The molecule has 3 nitrogen and oxygen atoms in total. The highest BCUT2D eigenvalue weighted by molar-refractivity contribution is 5.53. The predicted octanol–water partition coefficient (Wildman–Crippen LogP) is 3.90. The van der Waals surface area contributed by atoms with Crippen molar-refractivity contribution in [3.63, 3.8) is 0 Å². The molecule has 0 radical (unpaired) electrons. The van der Waals surface area contributed by atoms with Crippen LogP contribution in [0.4, 0.5) is 5.69 Å². The topological polar surface area (TPSA) is 52.5 Å². The largest absolute Gasteiger partial charge is 0.508 e. The van der Waals surface area contributed by atoms with Gasteiger partial charge in [-0.3, -0.25) is 0 Å². The fourth-order valence-corrected chi connectivity index (χ4v) is 2.85. The molecule has 0 amide bonds. The van der Waals surface area contributed by atoms with E-state index in [0.29, 0.717) is 11.5 Å². The summed E-state index contributed by atoms with van der Waals surface area (Å²) in [7, 11) is 0. The van der Waals surface area contributed by atoms with Gasteiger partial charge in [-0.25, -0.2) is 0 Å². The van der Waals surface area contributed by atoms with Crippen LogP contribution >= 0.6 is 0 Å². The summed E-state index contributed by atoms with van der Waals surface area (Å²) in [6.45, 7) is 1.89. The Morgan fingerprint density at radius 2 is 1.95 bits per heavy atom. The molecule has 0 bridgehead atoms. The van der Waals surface area contributed by atoms with Gasteiger partial charge in [0, 0.05) is 11.8 Å². The van der Waals surface area contributed by atoms with E-state index in [1.165, 1.54) is 11.1 Å². The summed E-state index contributed by atoms with van der Waals surface area (Å²) in [5.74, 6) is 0.647. The van der Waals surface area contributed by atoms with Gasteiger partial charge in [0.15, 0.2) is 0 Å². The zero-order valence-corrected chi connectivity index (χ0v) is 11.6. The first-order valence-corrected chi connectivity index (χ1v) is 7.01. The molecule has 1 atom stereocenters. The highest BCUT2D eigenvalue weighted by Gasteiger charge is 2.20.